The second-order valence-corrected chi connectivity index (χ2v) is 20.4. The van der Waals surface area contributed by atoms with E-state index in [1.165, 1.54) is 0 Å². The van der Waals surface area contributed by atoms with Gasteiger partial charge in [0.15, 0.2) is 5.78 Å². The summed E-state index contributed by atoms with van der Waals surface area (Å²) in [6.07, 6.45) is 1.10. The maximum atomic E-state index is 14.3. The number of alkyl halides is 1. The molecule has 262 valence electrons. The number of hydrogen-bond acceptors (Lipinski definition) is 4. The van der Waals surface area contributed by atoms with Crippen LogP contribution in [0.2, 0.25) is 18.1 Å². The molecule has 2 aromatic heterocycles. The summed E-state index contributed by atoms with van der Waals surface area (Å²) in [7, 11) is -2.19. The number of nitrogens with one attached hydrogen (secondary N) is 2. The average Bonchev–Trinajstić information content (AvgIpc) is 3.82. The topological polar surface area (TPSA) is 95.3 Å². The smallest absolute Gasteiger partial charge is 0.274 e. The zero-order valence-electron chi connectivity index (χ0n) is 30.1. The standard InChI is InChI=1S/C42H44ClN3O4Si/c1-7-30(47)18-25-12-14-33-27(16-25)20-35(44-33)38(48)19-26-13-15-34-28(17-26)21-36(45-34)41(49)46-24-29(23-43)40-32-11-9-8-10-31(32)39(22-37(40)46)50-51(5,6)42(2,3)4/h8-17,20-22,29,44-45H,7,18-19,23-24H2,1-6H3. The van der Waals surface area contributed by atoms with Crippen molar-refractivity contribution in [2.24, 2.45) is 0 Å². The molecule has 1 atom stereocenters. The lowest BCUT2D eigenvalue weighted by atomic mass is 9.95. The molecule has 1 amide bonds. The van der Waals surface area contributed by atoms with Gasteiger partial charge in [0.05, 0.1) is 11.4 Å². The van der Waals surface area contributed by atoms with Gasteiger partial charge in [-0.05, 0) is 76.6 Å². The Hall–Kier alpha value is -4.66. The number of H-pyrrole nitrogens is 2. The lowest BCUT2D eigenvalue weighted by Gasteiger charge is -2.37. The van der Waals surface area contributed by atoms with Crippen LogP contribution in [-0.4, -0.2) is 48.2 Å². The molecule has 4 aromatic carbocycles. The summed E-state index contributed by atoms with van der Waals surface area (Å²) < 4.78 is 6.89. The van der Waals surface area contributed by atoms with Crippen molar-refractivity contribution >= 4 is 75.7 Å². The highest BCUT2D eigenvalue weighted by Crippen LogP contribution is 2.48. The van der Waals surface area contributed by atoms with Gasteiger partial charge in [-0.3, -0.25) is 14.4 Å². The number of carbonyl (C=O) groups excluding carboxylic acids is 3. The van der Waals surface area contributed by atoms with Crippen LogP contribution >= 0.6 is 11.6 Å². The Morgan fingerprint density at radius 3 is 2.08 bits per heavy atom. The Bertz CT molecular complexity index is 2350. The molecule has 0 fully saturated rings. The fourth-order valence-electron chi connectivity index (χ4n) is 6.87. The zero-order chi connectivity index (χ0) is 36.2. The summed E-state index contributed by atoms with van der Waals surface area (Å²) in [6.45, 7) is 13.5. The number of carbonyl (C=O) groups is 3. The Morgan fingerprint density at radius 1 is 0.843 bits per heavy atom. The lowest BCUT2D eigenvalue weighted by Crippen LogP contribution is -2.44. The number of halogens is 1. The van der Waals surface area contributed by atoms with Gasteiger partial charge in [-0.1, -0.05) is 64.1 Å². The van der Waals surface area contributed by atoms with Crippen molar-refractivity contribution in [1.82, 2.24) is 9.97 Å². The molecule has 0 saturated carbocycles. The largest absolute Gasteiger partial charge is 0.543 e. The van der Waals surface area contributed by atoms with E-state index in [0.717, 1.165) is 60.7 Å². The quantitative estimate of drug-likeness (QED) is 0.0838. The minimum Gasteiger partial charge on any atom is -0.543 e. The highest BCUT2D eigenvalue weighted by molar-refractivity contribution is 6.74. The molecule has 3 heterocycles. The summed E-state index contributed by atoms with van der Waals surface area (Å²) in [5.41, 5.74) is 6.40. The average molecular weight is 718 g/mol. The van der Waals surface area contributed by atoms with Crippen molar-refractivity contribution < 1.29 is 18.8 Å². The SMILES string of the molecule is CCC(=O)Cc1ccc2[nH]c(C(=O)Cc3ccc4[nH]c(C(=O)N5CC(CCl)c6c5cc(O[Si](C)(C)C(C)(C)C)c5ccccc65)cc4c3)cc2c1. The maximum Gasteiger partial charge on any atom is 0.274 e. The number of anilines is 1. The molecule has 2 N–H and O–H groups in total. The van der Waals surface area contributed by atoms with Gasteiger partial charge in [-0.25, -0.2) is 0 Å². The molecule has 0 aliphatic carbocycles. The van der Waals surface area contributed by atoms with Crippen molar-refractivity contribution in [3.05, 3.63) is 107 Å². The van der Waals surface area contributed by atoms with E-state index in [2.05, 4.69) is 56.0 Å². The second kappa shape index (κ2) is 13.1. The van der Waals surface area contributed by atoms with Gasteiger partial charge in [-0.2, -0.15) is 0 Å². The van der Waals surface area contributed by atoms with Crippen molar-refractivity contribution in [2.75, 3.05) is 17.3 Å². The number of fused-ring (bicyclic) bond motifs is 5. The van der Waals surface area contributed by atoms with Crippen LogP contribution in [0.5, 0.6) is 5.75 Å². The number of benzene rings is 4. The first-order valence-electron chi connectivity index (χ1n) is 17.7. The van der Waals surface area contributed by atoms with E-state index in [0.29, 0.717) is 36.7 Å². The van der Waals surface area contributed by atoms with Gasteiger partial charge in [0.1, 0.15) is 17.2 Å². The van der Waals surface area contributed by atoms with Crippen LogP contribution in [0.15, 0.2) is 78.9 Å². The first-order chi connectivity index (χ1) is 24.3. The predicted octanol–water partition coefficient (Wildman–Crippen LogP) is 10.1. The number of hydrogen-bond donors (Lipinski definition) is 2. The van der Waals surface area contributed by atoms with Crippen LogP contribution < -0.4 is 9.33 Å². The van der Waals surface area contributed by atoms with E-state index in [9.17, 15) is 14.4 Å². The van der Waals surface area contributed by atoms with Crippen molar-refractivity contribution in [3.8, 4) is 5.75 Å². The molecule has 6 aromatic rings. The van der Waals surface area contributed by atoms with Crippen LogP contribution in [0.4, 0.5) is 5.69 Å². The van der Waals surface area contributed by atoms with Gasteiger partial charge in [0, 0.05) is 70.9 Å². The number of rotatable bonds is 10. The summed E-state index contributed by atoms with van der Waals surface area (Å²) in [5.74, 6) is 1.19. The summed E-state index contributed by atoms with van der Waals surface area (Å²) in [6, 6.07) is 25.7. The van der Waals surface area contributed by atoms with Crippen molar-refractivity contribution in [3.63, 3.8) is 0 Å². The number of nitrogens with zero attached hydrogens (tertiary/aromatic N) is 1. The first kappa shape index (κ1) is 34.8. The Morgan fingerprint density at radius 2 is 1.45 bits per heavy atom. The fourth-order valence-corrected chi connectivity index (χ4v) is 8.15. The van der Waals surface area contributed by atoms with Crippen LogP contribution in [0.25, 0.3) is 32.6 Å². The van der Waals surface area contributed by atoms with Gasteiger partial charge < -0.3 is 19.3 Å². The van der Waals surface area contributed by atoms with Gasteiger partial charge >= 0.3 is 0 Å². The molecule has 51 heavy (non-hydrogen) atoms. The second-order valence-electron chi connectivity index (χ2n) is 15.4. The Labute approximate surface area is 304 Å². The molecular formula is C42H44ClN3O4Si. The van der Waals surface area contributed by atoms with Crippen LogP contribution in [0, 0.1) is 0 Å². The number of ketones is 2. The van der Waals surface area contributed by atoms with E-state index in [1.54, 1.807) is 0 Å². The zero-order valence-corrected chi connectivity index (χ0v) is 31.8. The van der Waals surface area contributed by atoms with E-state index >= 15 is 0 Å². The molecule has 0 radical (unpaired) electrons. The summed E-state index contributed by atoms with van der Waals surface area (Å²) >= 11 is 6.57. The molecule has 7 nitrogen and oxygen atoms in total. The molecular weight excluding hydrogens is 674 g/mol. The highest BCUT2D eigenvalue weighted by atomic mass is 35.5. The van der Waals surface area contributed by atoms with Crippen molar-refractivity contribution in [2.45, 2.75) is 71.0 Å². The van der Waals surface area contributed by atoms with E-state index in [1.807, 2.05) is 78.6 Å². The molecule has 7 rings (SSSR count). The molecule has 0 spiro atoms. The third-order valence-electron chi connectivity index (χ3n) is 10.8. The molecule has 1 aliphatic rings. The molecule has 9 heteroatoms. The lowest BCUT2D eigenvalue weighted by molar-refractivity contribution is -0.118. The first-order valence-corrected chi connectivity index (χ1v) is 21.1. The molecule has 0 bridgehead atoms. The van der Waals surface area contributed by atoms with E-state index in [-0.39, 0.29) is 34.9 Å². The van der Waals surface area contributed by atoms with Gasteiger partial charge in [-0.15, -0.1) is 11.6 Å². The monoisotopic (exact) mass is 717 g/mol. The van der Waals surface area contributed by atoms with Crippen LogP contribution in [0.3, 0.4) is 0 Å². The van der Waals surface area contributed by atoms with Gasteiger partial charge in [0.2, 0.25) is 0 Å². The number of amides is 1. The summed E-state index contributed by atoms with van der Waals surface area (Å²) in [4.78, 5) is 48.0. The number of aromatic nitrogens is 2. The normalized spacial score (nSPS) is 14.8. The Balaban J connectivity index is 1.16. The predicted molar refractivity (Wildman–Crippen MR) is 211 cm³/mol. The van der Waals surface area contributed by atoms with Gasteiger partial charge in [0.25, 0.3) is 14.2 Å². The minimum atomic E-state index is -2.19. The minimum absolute atomic E-state index is 0.00528. The number of aromatic amines is 2. The van der Waals surface area contributed by atoms with Crippen LogP contribution in [0.1, 0.15) is 77.7 Å². The highest BCUT2D eigenvalue weighted by Gasteiger charge is 2.41. The molecule has 1 unspecified atom stereocenters. The number of Topliss-reactive ketones (excluding diaryl/α,β-unsaturated/α-hetero) is 2. The third kappa shape index (κ3) is 6.51. The third-order valence-corrected chi connectivity index (χ3v) is 15.5. The fraction of sp³-hybridized carbons (Fsp3) is 0.310. The van der Waals surface area contributed by atoms with Crippen molar-refractivity contribution in [1.29, 1.82) is 0 Å². The summed E-state index contributed by atoms with van der Waals surface area (Å²) in [5, 5.41) is 3.89. The Kier molecular flexibility index (Phi) is 8.96. The van der Waals surface area contributed by atoms with E-state index < -0.39 is 8.32 Å². The molecule has 0 saturated heterocycles. The maximum absolute atomic E-state index is 14.3. The van der Waals surface area contributed by atoms with Crippen LogP contribution in [-0.2, 0) is 17.6 Å². The van der Waals surface area contributed by atoms with E-state index in [4.69, 9.17) is 16.0 Å². The molecule has 1 aliphatic heterocycles.